The van der Waals surface area contributed by atoms with Crippen molar-refractivity contribution in [2.24, 2.45) is 0 Å². The Hall–Kier alpha value is -5.73. The average Bonchev–Trinajstić information content (AvgIpc) is 3.48. The van der Waals surface area contributed by atoms with Crippen LogP contribution in [0.3, 0.4) is 0 Å². The SMILES string of the molecule is c1ccc(-c2cc(-c3ccccc3)cc(-c3cccc(-n4c(-c5cccc6ccccc56)nc5ccccc54)c3)c2)cc1. The van der Waals surface area contributed by atoms with Gasteiger partial charge in [-0.1, -0.05) is 127 Å². The van der Waals surface area contributed by atoms with Gasteiger partial charge in [-0.2, -0.15) is 0 Å². The first kappa shape index (κ1) is 25.0. The van der Waals surface area contributed by atoms with Gasteiger partial charge in [0.15, 0.2) is 0 Å². The molecule has 8 aromatic rings. The smallest absolute Gasteiger partial charge is 0.146 e. The minimum Gasteiger partial charge on any atom is -0.292 e. The Morgan fingerprint density at radius 2 is 0.953 bits per heavy atom. The molecule has 0 spiro atoms. The van der Waals surface area contributed by atoms with Crippen LogP contribution in [0.1, 0.15) is 0 Å². The zero-order valence-electron chi connectivity index (χ0n) is 23.6. The summed E-state index contributed by atoms with van der Waals surface area (Å²) in [6.45, 7) is 0. The van der Waals surface area contributed by atoms with Crippen molar-refractivity contribution in [1.29, 1.82) is 0 Å². The predicted molar refractivity (Wildman–Crippen MR) is 180 cm³/mol. The molecule has 0 aliphatic rings. The molecule has 0 amide bonds. The zero-order chi connectivity index (χ0) is 28.6. The summed E-state index contributed by atoms with van der Waals surface area (Å²) in [6, 6.07) is 60.4. The van der Waals surface area contributed by atoms with Gasteiger partial charge in [-0.15, -0.1) is 0 Å². The molecule has 0 N–H and O–H groups in total. The lowest BCUT2D eigenvalue weighted by Crippen LogP contribution is -1.98. The molecular weight excluding hydrogens is 520 g/mol. The van der Waals surface area contributed by atoms with Crippen molar-refractivity contribution in [1.82, 2.24) is 9.55 Å². The molecule has 0 radical (unpaired) electrons. The Labute approximate surface area is 251 Å². The van der Waals surface area contributed by atoms with Crippen LogP contribution in [-0.2, 0) is 0 Å². The highest BCUT2D eigenvalue weighted by molar-refractivity contribution is 5.97. The summed E-state index contributed by atoms with van der Waals surface area (Å²) in [5, 5.41) is 2.40. The summed E-state index contributed by atoms with van der Waals surface area (Å²) < 4.78 is 2.31. The fraction of sp³-hybridized carbons (Fsp3) is 0. The van der Waals surface area contributed by atoms with Crippen LogP contribution in [0.5, 0.6) is 0 Å². The van der Waals surface area contributed by atoms with Crippen LogP contribution >= 0.6 is 0 Å². The molecule has 0 saturated carbocycles. The van der Waals surface area contributed by atoms with Gasteiger partial charge in [0.25, 0.3) is 0 Å². The van der Waals surface area contributed by atoms with Crippen molar-refractivity contribution in [2.75, 3.05) is 0 Å². The minimum absolute atomic E-state index is 0.943. The van der Waals surface area contributed by atoms with Gasteiger partial charge in [-0.3, -0.25) is 4.57 Å². The molecule has 0 saturated heterocycles. The lowest BCUT2D eigenvalue weighted by atomic mass is 9.93. The van der Waals surface area contributed by atoms with Crippen LogP contribution in [0, 0.1) is 0 Å². The van der Waals surface area contributed by atoms with Crippen LogP contribution in [0.25, 0.3) is 72.3 Å². The third-order valence-electron chi connectivity index (χ3n) is 8.18. The summed E-state index contributed by atoms with van der Waals surface area (Å²) in [5.41, 5.74) is 11.4. The molecule has 202 valence electrons. The molecule has 1 aromatic heterocycles. The van der Waals surface area contributed by atoms with Crippen LogP contribution in [-0.4, -0.2) is 9.55 Å². The van der Waals surface area contributed by atoms with Gasteiger partial charge in [-0.25, -0.2) is 4.98 Å². The molecule has 2 nitrogen and oxygen atoms in total. The summed E-state index contributed by atoms with van der Waals surface area (Å²) in [5.74, 6) is 0.943. The summed E-state index contributed by atoms with van der Waals surface area (Å²) >= 11 is 0. The molecule has 0 bridgehead atoms. The van der Waals surface area contributed by atoms with Crippen molar-refractivity contribution < 1.29 is 0 Å². The molecule has 2 heteroatoms. The maximum Gasteiger partial charge on any atom is 0.146 e. The van der Waals surface area contributed by atoms with Gasteiger partial charge < -0.3 is 0 Å². The second-order valence-electron chi connectivity index (χ2n) is 10.9. The molecule has 0 atom stereocenters. The van der Waals surface area contributed by atoms with E-state index in [1.807, 2.05) is 0 Å². The molecule has 43 heavy (non-hydrogen) atoms. The van der Waals surface area contributed by atoms with E-state index in [9.17, 15) is 0 Å². The summed E-state index contributed by atoms with van der Waals surface area (Å²) in [6.07, 6.45) is 0. The molecule has 8 rings (SSSR count). The highest BCUT2D eigenvalue weighted by Gasteiger charge is 2.17. The molecule has 0 aliphatic carbocycles. The number of imidazole rings is 1. The minimum atomic E-state index is 0.943. The largest absolute Gasteiger partial charge is 0.292 e. The zero-order valence-corrected chi connectivity index (χ0v) is 23.6. The van der Waals surface area contributed by atoms with E-state index in [-0.39, 0.29) is 0 Å². The first-order chi connectivity index (χ1) is 21.3. The monoisotopic (exact) mass is 548 g/mol. The molecule has 7 aromatic carbocycles. The predicted octanol–water partition coefficient (Wildman–Crippen LogP) is 10.8. The number of para-hydroxylation sites is 2. The Morgan fingerprint density at radius 1 is 0.395 bits per heavy atom. The van der Waals surface area contributed by atoms with Crippen molar-refractivity contribution in [3.05, 3.63) is 170 Å². The number of hydrogen-bond donors (Lipinski definition) is 0. The quantitative estimate of drug-likeness (QED) is 0.209. The van der Waals surface area contributed by atoms with Gasteiger partial charge in [0.05, 0.1) is 11.0 Å². The van der Waals surface area contributed by atoms with Crippen LogP contribution < -0.4 is 0 Å². The van der Waals surface area contributed by atoms with Gasteiger partial charge in [0.2, 0.25) is 0 Å². The molecule has 0 fully saturated rings. The number of rotatable bonds is 5. The molecule has 1 heterocycles. The van der Waals surface area contributed by atoms with E-state index in [1.165, 1.54) is 38.6 Å². The first-order valence-corrected chi connectivity index (χ1v) is 14.6. The molecule has 0 unspecified atom stereocenters. The van der Waals surface area contributed by atoms with E-state index in [1.54, 1.807) is 0 Å². The second kappa shape index (κ2) is 10.6. The third-order valence-corrected chi connectivity index (χ3v) is 8.18. The van der Waals surface area contributed by atoms with E-state index in [0.717, 1.165) is 33.7 Å². The van der Waals surface area contributed by atoms with Crippen molar-refractivity contribution in [2.45, 2.75) is 0 Å². The fourth-order valence-electron chi connectivity index (χ4n) is 6.10. The highest BCUT2D eigenvalue weighted by atomic mass is 15.1. The van der Waals surface area contributed by atoms with E-state index >= 15 is 0 Å². The van der Waals surface area contributed by atoms with Gasteiger partial charge in [0.1, 0.15) is 5.82 Å². The normalized spacial score (nSPS) is 11.3. The van der Waals surface area contributed by atoms with E-state index < -0.39 is 0 Å². The highest BCUT2D eigenvalue weighted by Crippen LogP contribution is 2.36. The number of aromatic nitrogens is 2. The van der Waals surface area contributed by atoms with Crippen molar-refractivity contribution >= 4 is 21.8 Å². The van der Waals surface area contributed by atoms with Gasteiger partial charge in [-0.05, 0) is 86.6 Å². The second-order valence-corrected chi connectivity index (χ2v) is 10.9. The number of benzene rings is 7. The maximum atomic E-state index is 5.18. The number of hydrogen-bond acceptors (Lipinski definition) is 1. The van der Waals surface area contributed by atoms with Crippen LogP contribution in [0.4, 0.5) is 0 Å². The maximum absolute atomic E-state index is 5.18. The van der Waals surface area contributed by atoms with Gasteiger partial charge >= 0.3 is 0 Å². The van der Waals surface area contributed by atoms with Crippen LogP contribution in [0.15, 0.2) is 170 Å². The number of fused-ring (bicyclic) bond motifs is 2. The molecule has 0 aliphatic heterocycles. The Morgan fingerprint density at radius 3 is 1.70 bits per heavy atom. The Kier molecular flexibility index (Phi) is 6.16. The summed E-state index contributed by atoms with van der Waals surface area (Å²) in [4.78, 5) is 5.18. The van der Waals surface area contributed by atoms with Gasteiger partial charge in [0, 0.05) is 11.3 Å². The van der Waals surface area contributed by atoms with E-state index in [4.69, 9.17) is 4.98 Å². The van der Waals surface area contributed by atoms with E-state index in [2.05, 4.69) is 174 Å². The Bertz CT molecular complexity index is 2160. The van der Waals surface area contributed by atoms with E-state index in [0.29, 0.717) is 0 Å². The third kappa shape index (κ3) is 4.60. The van der Waals surface area contributed by atoms with Crippen molar-refractivity contribution in [3.63, 3.8) is 0 Å². The topological polar surface area (TPSA) is 17.8 Å². The average molecular weight is 549 g/mol. The fourth-order valence-corrected chi connectivity index (χ4v) is 6.10. The first-order valence-electron chi connectivity index (χ1n) is 14.6. The lowest BCUT2D eigenvalue weighted by molar-refractivity contribution is 1.11. The van der Waals surface area contributed by atoms with Crippen LogP contribution in [0.2, 0.25) is 0 Å². The summed E-state index contributed by atoms with van der Waals surface area (Å²) in [7, 11) is 0. The number of nitrogens with zero attached hydrogens (tertiary/aromatic N) is 2. The Balaban J connectivity index is 1.34. The van der Waals surface area contributed by atoms with Crippen molar-refractivity contribution in [3.8, 4) is 50.5 Å². The standard InChI is InChI=1S/C41H28N2/c1-3-13-29(14-4-1)33-25-34(30-15-5-2-6-16-30)27-35(26-33)32-19-11-20-36(28-32)43-40-24-10-9-23-39(40)42-41(43)38-22-12-18-31-17-7-8-21-37(31)38/h1-28H. The lowest BCUT2D eigenvalue weighted by Gasteiger charge is -2.15. The molecular formula is C41H28N2.